The van der Waals surface area contributed by atoms with E-state index in [0.29, 0.717) is 11.4 Å². The molecule has 0 aliphatic carbocycles. The number of aromatic nitrogens is 1. The van der Waals surface area contributed by atoms with Crippen molar-refractivity contribution in [3.63, 3.8) is 0 Å². The molecule has 1 aliphatic heterocycles. The van der Waals surface area contributed by atoms with Crippen molar-refractivity contribution in [3.8, 4) is 0 Å². The van der Waals surface area contributed by atoms with E-state index in [2.05, 4.69) is 14.8 Å². The third kappa shape index (κ3) is 4.08. The van der Waals surface area contributed by atoms with Crippen LogP contribution in [0.1, 0.15) is 20.3 Å². The van der Waals surface area contributed by atoms with Gasteiger partial charge in [-0.15, -0.1) is 0 Å². The number of carboxylic acid groups (broad SMARTS) is 1. The van der Waals surface area contributed by atoms with Gasteiger partial charge in [0.2, 0.25) is 0 Å². The molecule has 116 valence electrons. The second-order valence-corrected chi connectivity index (χ2v) is 6.50. The molecule has 0 amide bonds. The highest BCUT2D eigenvalue weighted by atomic mass is 35.5. The van der Waals surface area contributed by atoms with E-state index in [0.717, 1.165) is 38.4 Å². The van der Waals surface area contributed by atoms with Crippen LogP contribution in [0.3, 0.4) is 0 Å². The third-order valence-electron chi connectivity index (χ3n) is 4.10. The van der Waals surface area contributed by atoms with Gasteiger partial charge in [-0.25, -0.2) is 0 Å². The average Bonchev–Trinajstić information content (AvgIpc) is 2.46. The van der Waals surface area contributed by atoms with Crippen LogP contribution in [0.2, 0.25) is 5.02 Å². The van der Waals surface area contributed by atoms with E-state index in [9.17, 15) is 4.79 Å². The van der Waals surface area contributed by atoms with Crippen LogP contribution in [0.25, 0.3) is 0 Å². The highest BCUT2D eigenvalue weighted by molar-refractivity contribution is 6.33. The van der Waals surface area contributed by atoms with Gasteiger partial charge in [0.1, 0.15) is 0 Å². The number of carboxylic acids is 1. The monoisotopic (exact) mass is 311 g/mol. The quantitative estimate of drug-likeness (QED) is 0.904. The van der Waals surface area contributed by atoms with E-state index >= 15 is 0 Å². The molecule has 5 nitrogen and oxygen atoms in total. The summed E-state index contributed by atoms with van der Waals surface area (Å²) in [6, 6.07) is 1.94. The Hall–Kier alpha value is -1.33. The highest BCUT2D eigenvalue weighted by Crippen LogP contribution is 2.26. The molecule has 0 radical (unpaired) electrons. The maximum absolute atomic E-state index is 11.1. The van der Waals surface area contributed by atoms with Gasteiger partial charge < -0.3 is 10.0 Å². The minimum atomic E-state index is -0.732. The fourth-order valence-electron chi connectivity index (χ4n) is 2.38. The molecule has 2 rings (SSSR count). The lowest BCUT2D eigenvalue weighted by atomic mass is 9.89. The van der Waals surface area contributed by atoms with Gasteiger partial charge in [-0.2, -0.15) is 0 Å². The molecular weight excluding hydrogens is 290 g/mol. The first-order valence-electron chi connectivity index (χ1n) is 7.20. The van der Waals surface area contributed by atoms with Gasteiger partial charge >= 0.3 is 5.97 Å². The Morgan fingerprint density at radius 3 is 2.62 bits per heavy atom. The van der Waals surface area contributed by atoms with Crippen molar-refractivity contribution in [2.45, 2.75) is 20.3 Å². The molecule has 6 heteroatoms. The Morgan fingerprint density at radius 1 is 1.38 bits per heavy atom. The smallest absolute Gasteiger partial charge is 0.309 e. The second kappa shape index (κ2) is 6.62. The first-order chi connectivity index (χ1) is 9.90. The van der Waals surface area contributed by atoms with Gasteiger partial charge in [0.15, 0.2) is 0 Å². The van der Waals surface area contributed by atoms with Gasteiger partial charge in [0.25, 0.3) is 0 Å². The molecule has 1 fully saturated rings. The molecule has 1 aliphatic rings. The molecule has 0 bridgehead atoms. The summed E-state index contributed by atoms with van der Waals surface area (Å²) in [6.07, 6.45) is 4.08. The third-order valence-corrected chi connectivity index (χ3v) is 4.39. The predicted octanol–water partition coefficient (Wildman–Crippen LogP) is 2.36. The normalized spacial score (nSPS) is 17.0. The van der Waals surface area contributed by atoms with Gasteiger partial charge in [-0.1, -0.05) is 11.6 Å². The summed E-state index contributed by atoms with van der Waals surface area (Å²) in [4.78, 5) is 19.7. The van der Waals surface area contributed by atoms with Crippen LogP contribution >= 0.6 is 11.6 Å². The Kier molecular flexibility index (Phi) is 5.06. The molecule has 1 aromatic heterocycles. The number of nitrogens with zero attached hydrogens (tertiary/aromatic N) is 3. The minimum absolute atomic E-state index is 0.661. The van der Waals surface area contributed by atoms with Crippen LogP contribution in [0.15, 0.2) is 18.5 Å². The first kappa shape index (κ1) is 16.0. The number of piperazine rings is 1. The summed E-state index contributed by atoms with van der Waals surface area (Å²) in [5, 5.41) is 9.82. The van der Waals surface area contributed by atoms with Gasteiger partial charge in [-0.3, -0.25) is 14.7 Å². The summed E-state index contributed by atoms with van der Waals surface area (Å²) >= 11 is 6.17. The molecule has 1 N–H and O–H groups in total. The Morgan fingerprint density at radius 2 is 2.05 bits per heavy atom. The summed E-state index contributed by atoms with van der Waals surface area (Å²) in [7, 11) is 0. The number of aliphatic carboxylic acids is 1. The SMILES string of the molecule is CC(C)(CCN1CCN(c2ccncc2Cl)CC1)C(=O)O. The molecule has 0 spiro atoms. The lowest BCUT2D eigenvalue weighted by Gasteiger charge is -2.37. The molecule has 2 heterocycles. The van der Waals surface area contributed by atoms with Gasteiger partial charge in [0, 0.05) is 38.6 Å². The second-order valence-electron chi connectivity index (χ2n) is 6.09. The van der Waals surface area contributed by atoms with Gasteiger partial charge in [0.05, 0.1) is 16.1 Å². The number of hydrogen-bond acceptors (Lipinski definition) is 4. The van der Waals surface area contributed by atoms with E-state index in [1.807, 2.05) is 6.07 Å². The molecule has 0 unspecified atom stereocenters. The van der Waals surface area contributed by atoms with E-state index in [4.69, 9.17) is 16.7 Å². The number of anilines is 1. The molecule has 0 aromatic carbocycles. The van der Waals surface area contributed by atoms with Crippen LogP contribution in [0.5, 0.6) is 0 Å². The first-order valence-corrected chi connectivity index (χ1v) is 7.58. The van der Waals surface area contributed by atoms with Crippen molar-refractivity contribution in [2.24, 2.45) is 5.41 Å². The van der Waals surface area contributed by atoms with Gasteiger partial charge in [-0.05, 0) is 32.9 Å². The highest BCUT2D eigenvalue weighted by Gasteiger charge is 2.28. The Labute approximate surface area is 130 Å². The van der Waals surface area contributed by atoms with Crippen molar-refractivity contribution in [1.82, 2.24) is 9.88 Å². The standard InChI is InChI=1S/C15H22ClN3O2/c1-15(2,14(20)21)4-6-18-7-9-19(10-8-18)13-3-5-17-11-12(13)16/h3,5,11H,4,6-10H2,1-2H3,(H,20,21). The summed E-state index contributed by atoms with van der Waals surface area (Å²) < 4.78 is 0. The van der Waals surface area contributed by atoms with Crippen molar-refractivity contribution < 1.29 is 9.90 Å². The molecule has 1 saturated heterocycles. The van der Waals surface area contributed by atoms with Crippen molar-refractivity contribution >= 4 is 23.3 Å². The van der Waals surface area contributed by atoms with Crippen LogP contribution in [0.4, 0.5) is 5.69 Å². The topological polar surface area (TPSA) is 56.7 Å². The molecule has 0 saturated carbocycles. The van der Waals surface area contributed by atoms with E-state index < -0.39 is 11.4 Å². The van der Waals surface area contributed by atoms with E-state index in [1.165, 1.54) is 0 Å². The van der Waals surface area contributed by atoms with Crippen molar-refractivity contribution in [1.29, 1.82) is 0 Å². The number of halogens is 1. The zero-order chi connectivity index (χ0) is 15.5. The summed E-state index contributed by atoms with van der Waals surface area (Å²) in [5.74, 6) is -0.732. The largest absolute Gasteiger partial charge is 0.481 e. The number of hydrogen-bond donors (Lipinski definition) is 1. The molecule has 21 heavy (non-hydrogen) atoms. The molecule has 0 atom stereocenters. The fraction of sp³-hybridized carbons (Fsp3) is 0.600. The number of rotatable bonds is 5. The molecule has 1 aromatic rings. The minimum Gasteiger partial charge on any atom is -0.481 e. The fourth-order valence-corrected chi connectivity index (χ4v) is 2.62. The predicted molar refractivity (Wildman–Crippen MR) is 83.9 cm³/mol. The van der Waals surface area contributed by atoms with Crippen molar-refractivity contribution in [2.75, 3.05) is 37.6 Å². The lowest BCUT2D eigenvalue weighted by molar-refractivity contribution is -0.147. The number of carbonyl (C=O) groups is 1. The average molecular weight is 312 g/mol. The molecular formula is C15H22ClN3O2. The maximum atomic E-state index is 11.1. The van der Waals surface area contributed by atoms with Crippen LogP contribution < -0.4 is 4.90 Å². The maximum Gasteiger partial charge on any atom is 0.309 e. The summed E-state index contributed by atoms with van der Waals surface area (Å²) in [5.41, 5.74) is 0.364. The zero-order valence-electron chi connectivity index (χ0n) is 12.5. The van der Waals surface area contributed by atoms with Crippen LogP contribution in [-0.2, 0) is 4.79 Å². The Bertz CT molecular complexity index is 499. The summed E-state index contributed by atoms with van der Waals surface area (Å²) in [6.45, 7) is 8.03. The van der Waals surface area contributed by atoms with Crippen LogP contribution in [-0.4, -0.2) is 53.7 Å². The number of pyridine rings is 1. The zero-order valence-corrected chi connectivity index (χ0v) is 13.3. The van der Waals surface area contributed by atoms with E-state index in [1.54, 1.807) is 26.2 Å². The lowest BCUT2D eigenvalue weighted by Crippen LogP contribution is -2.47. The Balaban J connectivity index is 1.84. The van der Waals surface area contributed by atoms with E-state index in [-0.39, 0.29) is 0 Å². The van der Waals surface area contributed by atoms with Crippen molar-refractivity contribution in [3.05, 3.63) is 23.5 Å². The van der Waals surface area contributed by atoms with Crippen LogP contribution in [0, 0.1) is 5.41 Å².